The molecule has 23 heavy (non-hydrogen) atoms. The highest BCUT2D eigenvalue weighted by atomic mass is 32.2. The summed E-state index contributed by atoms with van der Waals surface area (Å²) in [4.78, 5) is 16.7. The maximum absolute atomic E-state index is 12.5. The Morgan fingerprint density at radius 1 is 1.30 bits per heavy atom. The van der Waals surface area contributed by atoms with Gasteiger partial charge in [-0.2, -0.15) is 8.42 Å². The first-order valence-corrected chi connectivity index (χ1v) is 8.63. The molecule has 7 heteroatoms. The summed E-state index contributed by atoms with van der Waals surface area (Å²) in [5.41, 5.74) is -0.453. The molecule has 0 saturated heterocycles. The number of nitrogens with zero attached hydrogens (tertiary/aromatic N) is 1. The summed E-state index contributed by atoms with van der Waals surface area (Å²) < 4.78 is 28.2. The van der Waals surface area contributed by atoms with Gasteiger partial charge in [0.1, 0.15) is 0 Å². The van der Waals surface area contributed by atoms with Crippen LogP contribution in [-0.2, 0) is 10.1 Å². The van der Waals surface area contributed by atoms with E-state index in [4.69, 9.17) is 4.18 Å². The summed E-state index contributed by atoms with van der Waals surface area (Å²) in [5.74, 6) is -0.880. The number of aliphatic hydroxyl groups is 1. The van der Waals surface area contributed by atoms with E-state index in [9.17, 15) is 18.3 Å². The van der Waals surface area contributed by atoms with Crippen molar-refractivity contribution >= 4 is 22.1 Å². The lowest BCUT2D eigenvalue weighted by Crippen LogP contribution is -2.16. The molecule has 0 spiro atoms. The van der Waals surface area contributed by atoms with Gasteiger partial charge in [-0.3, -0.25) is 9.79 Å². The largest absolute Gasteiger partial charge is 0.515 e. The molecular weight excluding hydrogens is 318 g/mol. The zero-order chi connectivity index (χ0) is 17.7. The Morgan fingerprint density at radius 2 is 1.91 bits per heavy atom. The molecule has 0 aliphatic carbocycles. The number of hydrogen-bond acceptors (Lipinski definition) is 6. The third kappa shape index (κ3) is 5.86. The Labute approximate surface area is 136 Å². The SMILES string of the molecule is CCS(=O)(=O)Oc1ccccc1C(=O)/C(C=NC(C)(C)C)=C\O. The molecule has 0 aromatic heterocycles. The minimum atomic E-state index is -3.76. The van der Waals surface area contributed by atoms with Crippen LogP contribution in [0.2, 0.25) is 0 Å². The Morgan fingerprint density at radius 3 is 2.43 bits per heavy atom. The molecule has 0 aliphatic rings. The zero-order valence-electron chi connectivity index (χ0n) is 13.6. The highest BCUT2D eigenvalue weighted by Gasteiger charge is 2.20. The molecule has 1 rings (SSSR count). The molecule has 6 nitrogen and oxygen atoms in total. The Kier molecular flexibility index (Phi) is 6.09. The van der Waals surface area contributed by atoms with Crippen LogP contribution in [0.3, 0.4) is 0 Å². The molecule has 0 amide bonds. The van der Waals surface area contributed by atoms with Crippen molar-refractivity contribution in [1.29, 1.82) is 0 Å². The lowest BCUT2D eigenvalue weighted by atomic mass is 10.0. The number of hydrogen-bond donors (Lipinski definition) is 1. The van der Waals surface area contributed by atoms with Crippen molar-refractivity contribution in [3.63, 3.8) is 0 Å². The van der Waals surface area contributed by atoms with Crippen molar-refractivity contribution in [3.8, 4) is 5.75 Å². The van der Waals surface area contributed by atoms with E-state index in [0.717, 1.165) is 0 Å². The van der Waals surface area contributed by atoms with E-state index < -0.39 is 21.4 Å². The number of carbonyl (C=O) groups is 1. The minimum absolute atomic E-state index is 0.0326. The van der Waals surface area contributed by atoms with Crippen molar-refractivity contribution < 1.29 is 22.5 Å². The van der Waals surface area contributed by atoms with E-state index in [1.807, 2.05) is 20.8 Å². The smallest absolute Gasteiger partial charge is 0.308 e. The second kappa shape index (κ2) is 7.41. The van der Waals surface area contributed by atoms with Crippen molar-refractivity contribution in [2.75, 3.05) is 5.75 Å². The molecule has 1 aromatic rings. The Balaban J connectivity index is 3.20. The predicted octanol–water partition coefficient (Wildman–Crippen LogP) is 2.91. The number of allylic oxidation sites excluding steroid dienone is 1. The summed E-state index contributed by atoms with van der Waals surface area (Å²) >= 11 is 0. The van der Waals surface area contributed by atoms with Crippen molar-refractivity contribution in [1.82, 2.24) is 0 Å². The number of para-hydroxylation sites is 1. The maximum atomic E-state index is 12.5. The van der Waals surface area contributed by atoms with Crippen LogP contribution < -0.4 is 4.18 Å². The van der Waals surface area contributed by atoms with Gasteiger partial charge in [0.05, 0.1) is 28.7 Å². The fourth-order valence-corrected chi connectivity index (χ4v) is 2.03. The van der Waals surface area contributed by atoms with Crippen molar-refractivity contribution in [3.05, 3.63) is 41.7 Å². The van der Waals surface area contributed by atoms with E-state index in [-0.39, 0.29) is 22.6 Å². The van der Waals surface area contributed by atoms with Gasteiger partial charge in [-0.1, -0.05) is 12.1 Å². The lowest BCUT2D eigenvalue weighted by molar-refractivity contribution is 0.103. The van der Waals surface area contributed by atoms with Crippen LogP contribution in [-0.4, -0.2) is 36.8 Å². The van der Waals surface area contributed by atoms with E-state index in [1.165, 1.54) is 25.3 Å². The number of benzene rings is 1. The van der Waals surface area contributed by atoms with E-state index in [0.29, 0.717) is 6.26 Å². The second-order valence-corrected chi connectivity index (χ2v) is 7.63. The number of carbonyl (C=O) groups excluding carboxylic acids is 1. The van der Waals surface area contributed by atoms with Gasteiger partial charge in [0.2, 0.25) is 5.78 Å². The topological polar surface area (TPSA) is 93.0 Å². The first-order chi connectivity index (χ1) is 10.6. The van der Waals surface area contributed by atoms with Crippen LogP contribution in [0, 0.1) is 0 Å². The number of ketones is 1. The second-order valence-electron chi connectivity index (χ2n) is 5.77. The highest BCUT2D eigenvalue weighted by molar-refractivity contribution is 7.87. The number of rotatable bonds is 6. The average Bonchev–Trinajstić information content (AvgIpc) is 2.46. The van der Waals surface area contributed by atoms with Crippen LogP contribution in [0.25, 0.3) is 0 Å². The van der Waals surface area contributed by atoms with Crippen LogP contribution in [0.4, 0.5) is 0 Å². The quantitative estimate of drug-likeness (QED) is 0.283. The molecule has 0 unspecified atom stereocenters. The van der Waals surface area contributed by atoms with E-state index in [1.54, 1.807) is 12.1 Å². The van der Waals surface area contributed by atoms with Gasteiger partial charge in [0.15, 0.2) is 5.75 Å². The van der Waals surface area contributed by atoms with E-state index in [2.05, 4.69) is 4.99 Å². The molecule has 0 saturated carbocycles. The standard InChI is InChI=1S/C16H21NO5S/c1-5-23(20,21)22-14-9-7-6-8-13(14)15(19)12(11-18)10-17-16(2,3)4/h6-11,18H,5H2,1-4H3/b12-11-,17-10?. The van der Waals surface area contributed by atoms with Gasteiger partial charge in [0, 0.05) is 6.21 Å². The van der Waals surface area contributed by atoms with Gasteiger partial charge in [-0.05, 0) is 39.8 Å². The summed E-state index contributed by atoms with van der Waals surface area (Å²) in [6.07, 6.45) is 1.90. The molecule has 1 aromatic carbocycles. The van der Waals surface area contributed by atoms with Crippen molar-refractivity contribution in [2.24, 2.45) is 4.99 Å². The molecule has 1 N–H and O–H groups in total. The summed E-state index contributed by atoms with van der Waals surface area (Å²) in [6, 6.07) is 5.95. The highest BCUT2D eigenvalue weighted by Crippen LogP contribution is 2.23. The van der Waals surface area contributed by atoms with Crippen molar-refractivity contribution in [2.45, 2.75) is 33.2 Å². The van der Waals surface area contributed by atoms with Gasteiger partial charge in [-0.25, -0.2) is 0 Å². The zero-order valence-corrected chi connectivity index (χ0v) is 14.4. The first kappa shape index (κ1) is 18.9. The third-order valence-electron chi connectivity index (χ3n) is 2.69. The average molecular weight is 339 g/mol. The molecule has 0 atom stereocenters. The van der Waals surface area contributed by atoms with Gasteiger partial charge < -0.3 is 9.29 Å². The Hall–Kier alpha value is -2.15. The minimum Gasteiger partial charge on any atom is -0.515 e. The fourth-order valence-electron chi connectivity index (χ4n) is 1.49. The Bertz CT molecular complexity index is 727. The van der Waals surface area contributed by atoms with Gasteiger partial charge in [-0.15, -0.1) is 0 Å². The summed E-state index contributed by atoms with van der Waals surface area (Å²) in [5, 5.41) is 9.29. The number of Topliss-reactive ketones (excluding diaryl/α,β-unsaturated/α-hetero) is 1. The van der Waals surface area contributed by atoms with Crippen LogP contribution in [0.5, 0.6) is 5.75 Å². The monoisotopic (exact) mass is 339 g/mol. The molecule has 126 valence electrons. The lowest BCUT2D eigenvalue weighted by Gasteiger charge is -2.12. The fraction of sp³-hybridized carbons (Fsp3) is 0.375. The molecule has 0 aliphatic heterocycles. The molecule has 0 heterocycles. The van der Waals surface area contributed by atoms with E-state index >= 15 is 0 Å². The first-order valence-electron chi connectivity index (χ1n) is 7.05. The van der Waals surface area contributed by atoms with Crippen LogP contribution in [0.15, 0.2) is 41.1 Å². The molecule has 0 radical (unpaired) electrons. The van der Waals surface area contributed by atoms with Gasteiger partial charge >= 0.3 is 10.1 Å². The van der Waals surface area contributed by atoms with Gasteiger partial charge in [0.25, 0.3) is 0 Å². The molecule has 0 fully saturated rings. The maximum Gasteiger partial charge on any atom is 0.308 e. The third-order valence-corrected chi connectivity index (χ3v) is 3.83. The predicted molar refractivity (Wildman–Crippen MR) is 89.8 cm³/mol. The summed E-state index contributed by atoms with van der Waals surface area (Å²) in [6.45, 7) is 6.96. The normalized spacial score (nSPS) is 13.3. The number of aliphatic imine (C=N–C) groups is 1. The van der Waals surface area contributed by atoms with Crippen LogP contribution in [0.1, 0.15) is 38.1 Å². The van der Waals surface area contributed by atoms with Crippen LogP contribution >= 0.6 is 0 Å². The molecular formula is C16H21NO5S. The molecule has 0 bridgehead atoms. The number of aliphatic hydroxyl groups excluding tert-OH is 1. The summed E-state index contributed by atoms with van der Waals surface area (Å²) in [7, 11) is -3.76.